The van der Waals surface area contributed by atoms with Gasteiger partial charge in [-0.15, -0.1) is 5.10 Å². The Morgan fingerprint density at radius 2 is 2.10 bits per heavy atom. The highest BCUT2D eigenvalue weighted by molar-refractivity contribution is 7.98. The highest BCUT2D eigenvalue weighted by Gasteiger charge is 2.19. The van der Waals surface area contributed by atoms with Gasteiger partial charge in [0.2, 0.25) is 5.16 Å². The number of thioether (sulfide) groups is 1. The molecule has 0 amide bonds. The van der Waals surface area contributed by atoms with Crippen LogP contribution < -0.4 is 0 Å². The van der Waals surface area contributed by atoms with Crippen LogP contribution in [0.15, 0.2) is 29.4 Å². The fourth-order valence-corrected chi connectivity index (χ4v) is 3.07. The predicted molar refractivity (Wildman–Crippen MR) is 82.8 cm³/mol. The Labute approximate surface area is 124 Å². The van der Waals surface area contributed by atoms with Crippen molar-refractivity contribution in [3.8, 4) is 11.4 Å². The number of H-pyrrole nitrogens is 1. The molecule has 0 aliphatic carbocycles. The Hall–Kier alpha value is -1.33. The molecule has 1 unspecified atom stereocenters. The Bertz CT molecular complexity index is 575. The van der Waals surface area contributed by atoms with E-state index in [4.69, 9.17) is 0 Å². The van der Waals surface area contributed by atoms with Crippen molar-refractivity contribution >= 4 is 11.8 Å². The summed E-state index contributed by atoms with van der Waals surface area (Å²) in [7, 11) is 0. The maximum Gasteiger partial charge on any atom is 0.208 e. The maximum atomic E-state index is 4.48. The fraction of sp³-hybridized carbons (Fsp3) is 0.467. The lowest BCUT2D eigenvalue weighted by Crippen LogP contribution is -2.23. The number of hydrogen-bond acceptors (Lipinski definition) is 4. The van der Waals surface area contributed by atoms with Crippen LogP contribution in [0.2, 0.25) is 0 Å². The molecular weight excluding hydrogens is 268 g/mol. The van der Waals surface area contributed by atoms with Gasteiger partial charge >= 0.3 is 0 Å². The van der Waals surface area contributed by atoms with Crippen LogP contribution >= 0.6 is 11.8 Å². The van der Waals surface area contributed by atoms with Crippen LogP contribution in [0, 0.1) is 0 Å². The SMILES string of the molecule is CSc1n[nH]c(-c2cccc(C(C)N3CCCC3)c2)n1. The molecule has 4 nitrogen and oxygen atoms in total. The van der Waals surface area contributed by atoms with Crippen LogP contribution in [0.1, 0.15) is 31.4 Å². The molecule has 3 rings (SSSR count). The number of nitrogens with zero attached hydrogens (tertiary/aromatic N) is 3. The van der Waals surface area contributed by atoms with Crippen LogP contribution in [0.25, 0.3) is 11.4 Å². The average Bonchev–Trinajstić information content (AvgIpc) is 3.17. The van der Waals surface area contributed by atoms with Gasteiger partial charge in [0, 0.05) is 11.6 Å². The van der Waals surface area contributed by atoms with E-state index in [-0.39, 0.29) is 0 Å². The van der Waals surface area contributed by atoms with Gasteiger partial charge in [0.05, 0.1) is 0 Å². The van der Waals surface area contributed by atoms with E-state index in [0.717, 1.165) is 16.5 Å². The predicted octanol–water partition coefficient (Wildman–Crippen LogP) is 3.35. The summed E-state index contributed by atoms with van der Waals surface area (Å²) >= 11 is 1.55. The zero-order chi connectivity index (χ0) is 13.9. The van der Waals surface area contributed by atoms with Crippen molar-refractivity contribution in [2.45, 2.75) is 31.0 Å². The van der Waals surface area contributed by atoms with Crippen LogP contribution in [-0.4, -0.2) is 39.4 Å². The first-order valence-corrected chi connectivity index (χ1v) is 8.31. The number of aromatic amines is 1. The molecule has 1 aliphatic rings. The molecule has 2 aromatic rings. The Morgan fingerprint density at radius 3 is 2.80 bits per heavy atom. The smallest absolute Gasteiger partial charge is 0.208 e. The molecule has 1 aliphatic heterocycles. The third-order valence-corrected chi connectivity index (χ3v) is 4.53. The minimum absolute atomic E-state index is 0.473. The molecule has 0 bridgehead atoms. The van der Waals surface area contributed by atoms with Gasteiger partial charge in [0.25, 0.3) is 0 Å². The monoisotopic (exact) mass is 288 g/mol. The van der Waals surface area contributed by atoms with Gasteiger partial charge in [0.15, 0.2) is 5.82 Å². The van der Waals surface area contributed by atoms with E-state index in [2.05, 4.69) is 51.3 Å². The van der Waals surface area contributed by atoms with Crippen LogP contribution in [0.4, 0.5) is 0 Å². The highest BCUT2D eigenvalue weighted by atomic mass is 32.2. The quantitative estimate of drug-likeness (QED) is 0.876. The molecule has 5 heteroatoms. The summed E-state index contributed by atoms with van der Waals surface area (Å²) in [5.74, 6) is 0.852. The largest absolute Gasteiger partial charge is 0.297 e. The average molecular weight is 288 g/mol. The van der Waals surface area contributed by atoms with Crippen molar-refractivity contribution in [3.05, 3.63) is 29.8 Å². The third kappa shape index (κ3) is 2.74. The van der Waals surface area contributed by atoms with Crippen molar-refractivity contribution in [1.82, 2.24) is 20.1 Å². The first-order chi connectivity index (χ1) is 9.78. The molecule has 1 aromatic carbocycles. The van der Waals surface area contributed by atoms with Crippen molar-refractivity contribution in [3.63, 3.8) is 0 Å². The molecule has 20 heavy (non-hydrogen) atoms. The molecule has 106 valence electrons. The number of aromatic nitrogens is 3. The zero-order valence-corrected chi connectivity index (χ0v) is 12.8. The lowest BCUT2D eigenvalue weighted by atomic mass is 10.0. The Balaban J connectivity index is 1.85. The van der Waals surface area contributed by atoms with Gasteiger partial charge in [-0.05, 0) is 50.7 Å². The third-order valence-electron chi connectivity index (χ3n) is 3.98. The number of rotatable bonds is 4. The van der Waals surface area contributed by atoms with E-state index < -0.39 is 0 Å². The molecule has 1 N–H and O–H groups in total. The topological polar surface area (TPSA) is 44.8 Å². The summed E-state index contributed by atoms with van der Waals surface area (Å²) < 4.78 is 0. The summed E-state index contributed by atoms with van der Waals surface area (Å²) in [6, 6.07) is 9.11. The maximum absolute atomic E-state index is 4.48. The molecule has 0 radical (unpaired) electrons. The summed E-state index contributed by atoms with van der Waals surface area (Å²) in [6.45, 7) is 4.72. The molecular formula is C15H20N4S. The van der Waals surface area contributed by atoms with E-state index in [1.165, 1.54) is 31.5 Å². The van der Waals surface area contributed by atoms with E-state index >= 15 is 0 Å². The van der Waals surface area contributed by atoms with E-state index in [9.17, 15) is 0 Å². The molecule has 1 saturated heterocycles. The summed E-state index contributed by atoms with van der Waals surface area (Å²) in [6.07, 6.45) is 4.63. The second kappa shape index (κ2) is 5.97. The minimum atomic E-state index is 0.473. The second-order valence-electron chi connectivity index (χ2n) is 5.22. The van der Waals surface area contributed by atoms with Crippen LogP contribution in [0.3, 0.4) is 0 Å². The highest BCUT2D eigenvalue weighted by Crippen LogP contribution is 2.27. The van der Waals surface area contributed by atoms with Crippen molar-refractivity contribution in [2.75, 3.05) is 19.3 Å². The fourth-order valence-electron chi connectivity index (χ4n) is 2.75. The van der Waals surface area contributed by atoms with E-state index in [1.54, 1.807) is 11.8 Å². The Kier molecular flexibility index (Phi) is 4.08. The van der Waals surface area contributed by atoms with Crippen molar-refractivity contribution in [2.24, 2.45) is 0 Å². The number of likely N-dealkylation sites (tertiary alicyclic amines) is 1. The van der Waals surface area contributed by atoms with Gasteiger partial charge in [-0.3, -0.25) is 10.00 Å². The zero-order valence-electron chi connectivity index (χ0n) is 12.0. The molecule has 0 saturated carbocycles. The standard InChI is InChI=1S/C15H20N4S/c1-11(19-8-3-4-9-19)12-6-5-7-13(10-12)14-16-15(20-2)18-17-14/h5-7,10-11H,3-4,8-9H2,1-2H3,(H,16,17,18). The summed E-state index contributed by atoms with van der Waals surface area (Å²) in [4.78, 5) is 7.03. The molecule has 1 fully saturated rings. The minimum Gasteiger partial charge on any atom is -0.297 e. The number of nitrogens with one attached hydrogen (secondary N) is 1. The lowest BCUT2D eigenvalue weighted by Gasteiger charge is -2.24. The molecule has 1 atom stereocenters. The van der Waals surface area contributed by atoms with E-state index in [0.29, 0.717) is 6.04 Å². The van der Waals surface area contributed by atoms with Crippen LogP contribution in [0.5, 0.6) is 0 Å². The van der Waals surface area contributed by atoms with Gasteiger partial charge in [-0.1, -0.05) is 30.0 Å². The lowest BCUT2D eigenvalue weighted by molar-refractivity contribution is 0.263. The number of benzene rings is 1. The molecule has 0 spiro atoms. The van der Waals surface area contributed by atoms with Gasteiger partial charge < -0.3 is 0 Å². The first-order valence-electron chi connectivity index (χ1n) is 7.08. The normalized spacial score (nSPS) is 17.5. The Morgan fingerprint density at radius 1 is 1.30 bits per heavy atom. The van der Waals surface area contributed by atoms with Crippen molar-refractivity contribution in [1.29, 1.82) is 0 Å². The number of hydrogen-bond donors (Lipinski definition) is 1. The van der Waals surface area contributed by atoms with E-state index in [1.807, 2.05) is 6.26 Å². The van der Waals surface area contributed by atoms with Gasteiger partial charge in [0.1, 0.15) is 0 Å². The van der Waals surface area contributed by atoms with Crippen LogP contribution in [-0.2, 0) is 0 Å². The second-order valence-corrected chi connectivity index (χ2v) is 5.99. The van der Waals surface area contributed by atoms with Gasteiger partial charge in [-0.25, -0.2) is 4.98 Å². The molecule has 2 heterocycles. The summed E-state index contributed by atoms with van der Waals surface area (Å²) in [5.41, 5.74) is 2.47. The van der Waals surface area contributed by atoms with Gasteiger partial charge in [-0.2, -0.15) is 0 Å². The first kappa shape index (κ1) is 13.6. The van der Waals surface area contributed by atoms with Crippen molar-refractivity contribution < 1.29 is 0 Å². The molecule has 1 aromatic heterocycles. The summed E-state index contributed by atoms with van der Waals surface area (Å²) in [5, 5.41) is 7.98.